The van der Waals surface area contributed by atoms with Gasteiger partial charge in [0.05, 0.1) is 16.4 Å². The Hall–Kier alpha value is -3.26. The highest BCUT2D eigenvalue weighted by molar-refractivity contribution is 6.24. The number of rotatable bonds is 2. The summed E-state index contributed by atoms with van der Waals surface area (Å²) in [6.45, 7) is 4.13. The number of allylic oxidation sites excluding steroid dienone is 4. The van der Waals surface area contributed by atoms with Gasteiger partial charge in [0.25, 0.3) is 0 Å². The Labute approximate surface area is 151 Å². The highest BCUT2D eigenvalue weighted by atomic mass is 16.3. The molecule has 0 amide bonds. The smallest absolute Gasteiger partial charge is 0.145 e. The van der Waals surface area contributed by atoms with Gasteiger partial charge in [0.1, 0.15) is 11.2 Å². The molecule has 0 bridgehead atoms. The quantitative estimate of drug-likeness (QED) is 0.313. The molecule has 0 saturated carbocycles. The minimum atomic E-state index is 0.937. The van der Waals surface area contributed by atoms with Crippen LogP contribution in [0.2, 0.25) is 0 Å². The zero-order valence-electron chi connectivity index (χ0n) is 14.9. The Morgan fingerprint density at radius 1 is 0.808 bits per heavy atom. The Morgan fingerprint density at radius 2 is 1.58 bits per heavy atom. The lowest BCUT2D eigenvalue weighted by molar-refractivity contribution is 0.673. The summed E-state index contributed by atoms with van der Waals surface area (Å²) in [6.07, 6.45) is 6.37. The van der Waals surface area contributed by atoms with Gasteiger partial charge in [-0.25, -0.2) is 0 Å². The van der Waals surface area contributed by atoms with E-state index in [0.717, 1.165) is 16.9 Å². The van der Waals surface area contributed by atoms with Crippen molar-refractivity contribution >= 4 is 49.4 Å². The van der Waals surface area contributed by atoms with E-state index in [-0.39, 0.29) is 0 Å². The van der Waals surface area contributed by atoms with E-state index >= 15 is 0 Å². The molecule has 0 saturated heterocycles. The third kappa shape index (κ3) is 1.93. The van der Waals surface area contributed by atoms with Crippen molar-refractivity contribution in [2.75, 3.05) is 0 Å². The fourth-order valence-electron chi connectivity index (χ4n) is 3.98. The Bertz CT molecular complexity index is 1340. The molecule has 5 aromatic rings. The molecule has 0 radical (unpaired) electrons. The molecule has 0 aliphatic carbocycles. The van der Waals surface area contributed by atoms with E-state index in [0.29, 0.717) is 0 Å². The van der Waals surface area contributed by atoms with Gasteiger partial charge in [-0.05, 0) is 44.2 Å². The standard InChI is InChI=1S/C24H19NO/c1-3-9-16(4-2)25-20-12-7-5-11-19(20)23-21(25)15-14-18-17-10-6-8-13-22(17)26-24(18)23/h3-15H,1-2H3/b9-3-,16-4+. The van der Waals surface area contributed by atoms with E-state index < -0.39 is 0 Å². The second kappa shape index (κ2) is 5.63. The molecule has 0 aliphatic rings. The summed E-state index contributed by atoms with van der Waals surface area (Å²) in [5.41, 5.74) is 5.43. The van der Waals surface area contributed by atoms with Crippen LogP contribution in [0.15, 0.2) is 83.3 Å². The monoisotopic (exact) mass is 337 g/mol. The predicted molar refractivity (Wildman–Crippen MR) is 111 cm³/mol. The zero-order chi connectivity index (χ0) is 17.7. The topological polar surface area (TPSA) is 18.1 Å². The fourth-order valence-corrected chi connectivity index (χ4v) is 3.98. The van der Waals surface area contributed by atoms with Gasteiger partial charge in [-0.2, -0.15) is 0 Å². The SMILES string of the molecule is C/C=C\C(=C/C)n1c2ccccc2c2c3oc4ccccc4c3ccc21. The van der Waals surface area contributed by atoms with Crippen LogP contribution in [0.3, 0.4) is 0 Å². The van der Waals surface area contributed by atoms with E-state index in [9.17, 15) is 0 Å². The van der Waals surface area contributed by atoms with Gasteiger partial charge in [-0.1, -0.05) is 48.6 Å². The second-order valence-electron chi connectivity index (χ2n) is 6.50. The number of hydrogen-bond donors (Lipinski definition) is 0. The van der Waals surface area contributed by atoms with Crippen molar-refractivity contribution in [1.82, 2.24) is 4.57 Å². The van der Waals surface area contributed by atoms with Crippen molar-refractivity contribution in [2.45, 2.75) is 13.8 Å². The lowest BCUT2D eigenvalue weighted by Gasteiger charge is -2.08. The van der Waals surface area contributed by atoms with Crippen LogP contribution >= 0.6 is 0 Å². The van der Waals surface area contributed by atoms with Gasteiger partial charge in [0.2, 0.25) is 0 Å². The lowest BCUT2D eigenvalue weighted by atomic mass is 10.1. The largest absolute Gasteiger partial charge is 0.455 e. The third-order valence-electron chi connectivity index (χ3n) is 5.07. The minimum absolute atomic E-state index is 0.937. The van der Waals surface area contributed by atoms with Crippen molar-refractivity contribution in [3.05, 3.63) is 78.9 Å². The molecule has 5 rings (SSSR count). The molecule has 2 heteroatoms. The molecule has 0 atom stereocenters. The Kier molecular flexibility index (Phi) is 3.26. The molecule has 2 aromatic heterocycles. The first kappa shape index (κ1) is 15.0. The maximum atomic E-state index is 6.31. The van der Waals surface area contributed by atoms with E-state index in [1.165, 1.54) is 32.6 Å². The number of nitrogens with zero attached hydrogens (tertiary/aromatic N) is 1. The van der Waals surface area contributed by atoms with Gasteiger partial charge < -0.3 is 8.98 Å². The molecule has 3 aromatic carbocycles. The predicted octanol–water partition coefficient (Wildman–Crippen LogP) is 7.13. The lowest BCUT2D eigenvalue weighted by Crippen LogP contribution is -1.93. The normalized spacial score (nSPS) is 13.1. The molecule has 0 spiro atoms. The van der Waals surface area contributed by atoms with Crippen LogP contribution in [0.4, 0.5) is 0 Å². The molecule has 126 valence electrons. The summed E-state index contributed by atoms with van der Waals surface area (Å²) in [5, 5.41) is 4.74. The highest BCUT2D eigenvalue weighted by Gasteiger charge is 2.18. The van der Waals surface area contributed by atoms with Gasteiger partial charge in [0, 0.05) is 21.9 Å². The number of aromatic nitrogens is 1. The maximum absolute atomic E-state index is 6.31. The number of furan rings is 1. The molecule has 0 fully saturated rings. The first-order chi connectivity index (χ1) is 12.8. The van der Waals surface area contributed by atoms with Crippen LogP contribution in [-0.2, 0) is 0 Å². The molecule has 2 heterocycles. The average Bonchev–Trinajstić information content (AvgIpc) is 3.22. The van der Waals surface area contributed by atoms with Crippen molar-refractivity contribution in [2.24, 2.45) is 0 Å². The van der Waals surface area contributed by atoms with Crippen LogP contribution in [0.25, 0.3) is 49.4 Å². The second-order valence-corrected chi connectivity index (χ2v) is 6.50. The first-order valence-corrected chi connectivity index (χ1v) is 8.96. The van der Waals surface area contributed by atoms with Gasteiger partial charge in [-0.3, -0.25) is 0 Å². The molecule has 0 N–H and O–H groups in total. The summed E-state index contributed by atoms with van der Waals surface area (Å²) in [5.74, 6) is 0. The highest BCUT2D eigenvalue weighted by Crippen LogP contribution is 2.40. The number of benzene rings is 3. The number of para-hydroxylation sites is 2. The molecule has 0 aliphatic heterocycles. The van der Waals surface area contributed by atoms with Crippen molar-refractivity contribution in [3.63, 3.8) is 0 Å². The average molecular weight is 337 g/mol. The third-order valence-corrected chi connectivity index (χ3v) is 5.07. The van der Waals surface area contributed by atoms with Crippen LogP contribution in [-0.4, -0.2) is 4.57 Å². The minimum Gasteiger partial charge on any atom is -0.455 e. The van der Waals surface area contributed by atoms with E-state index in [4.69, 9.17) is 4.42 Å². The van der Waals surface area contributed by atoms with Gasteiger partial charge >= 0.3 is 0 Å². The molecule has 2 nitrogen and oxygen atoms in total. The molecular formula is C24H19NO. The number of fused-ring (bicyclic) bond motifs is 7. The van der Waals surface area contributed by atoms with Crippen LogP contribution < -0.4 is 0 Å². The molecule has 26 heavy (non-hydrogen) atoms. The van der Waals surface area contributed by atoms with Gasteiger partial charge in [0.15, 0.2) is 0 Å². The maximum Gasteiger partial charge on any atom is 0.145 e. The Morgan fingerprint density at radius 3 is 2.38 bits per heavy atom. The summed E-state index contributed by atoms with van der Waals surface area (Å²) < 4.78 is 8.63. The van der Waals surface area contributed by atoms with E-state index in [2.05, 4.69) is 85.2 Å². The van der Waals surface area contributed by atoms with Crippen LogP contribution in [0.5, 0.6) is 0 Å². The fraction of sp³-hybridized carbons (Fsp3) is 0.0833. The Balaban J connectivity index is 2.05. The van der Waals surface area contributed by atoms with Crippen molar-refractivity contribution in [3.8, 4) is 0 Å². The van der Waals surface area contributed by atoms with Gasteiger partial charge in [-0.15, -0.1) is 0 Å². The number of hydrogen-bond acceptors (Lipinski definition) is 1. The molecular weight excluding hydrogens is 318 g/mol. The summed E-state index contributed by atoms with van der Waals surface area (Å²) >= 11 is 0. The summed E-state index contributed by atoms with van der Waals surface area (Å²) in [6, 6.07) is 21.2. The van der Waals surface area contributed by atoms with Crippen molar-refractivity contribution < 1.29 is 4.42 Å². The summed E-state index contributed by atoms with van der Waals surface area (Å²) in [7, 11) is 0. The van der Waals surface area contributed by atoms with E-state index in [1.54, 1.807) is 0 Å². The first-order valence-electron chi connectivity index (χ1n) is 8.96. The summed E-state index contributed by atoms with van der Waals surface area (Å²) in [4.78, 5) is 0. The zero-order valence-corrected chi connectivity index (χ0v) is 14.9. The van der Waals surface area contributed by atoms with E-state index in [1.807, 2.05) is 12.1 Å². The van der Waals surface area contributed by atoms with Crippen LogP contribution in [0.1, 0.15) is 13.8 Å². The van der Waals surface area contributed by atoms with Crippen LogP contribution in [0, 0.1) is 0 Å². The van der Waals surface area contributed by atoms with Crippen molar-refractivity contribution in [1.29, 1.82) is 0 Å². The molecule has 0 unspecified atom stereocenters.